The van der Waals surface area contributed by atoms with E-state index in [0.717, 1.165) is 0 Å². The molecule has 0 N–H and O–H groups in total. The minimum Gasteiger partial charge on any atom is -0.435 e. The number of ether oxygens (including phenoxy) is 2. The molecule has 1 aromatic carbocycles. The van der Waals surface area contributed by atoms with Crippen LogP contribution in [0.15, 0.2) is 24.3 Å². The molecule has 84 valence electrons. The number of carbonyl (C=O) groups is 1. The van der Waals surface area contributed by atoms with Crippen LogP contribution in [0.4, 0.5) is 4.79 Å². The topological polar surface area (TPSA) is 59.3 Å². The molecule has 0 bridgehead atoms. The summed E-state index contributed by atoms with van der Waals surface area (Å²) < 4.78 is 9.38. The quantitative estimate of drug-likeness (QED) is 0.761. The first kappa shape index (κ1) is 12.3. The van der Waals surface area contributed by atoms with Crippen molar-refractivity contribution in [2.24, 2.45) is 0 Å². The van der Waals surface area contributed by atoms with Crippen LogP contribution in [0.25, 0.3) is 0 Å². The van der Waals surface area contributed by atoms with E-state index >= 15 is 0 Å². The summed E-state index contributed by atoms with van der Waals surface area (Å²) in [5.74, 6) is 0. The minimum absolute atomic E-state index is 0.206. The summed E-state index contributed by atoms with van der Waals surface area (Å²) in [4.78, 5) is 11.0. The molecular weight excluding hydrogens is 230 g/mol. The molecule has 1 rings (SSSR count). The van der Waals surface area contributed by atoms with E-state index in [-0.39, 0.29) is 6.61 Å². The van der Waals surface area contributed by atoms with E-state index in [1.165, 1.54) is 0 Å². The molecule has 16 heavy (non-hydrogen) atoms. The second kappa shape index (κ2) is 5.99. The Morgan fingerprint density at radius 3 is 2.62 bits per heavy atom. The van der Waals surface area contributed by atoms with Gasteiger partial charge in [0.2, 0.25) is 6.10 Å². The lowest BCUT2D eigenvalue weighted by atomic mass is 10.1. The molecule has 0 radical (unpaired) electrons. The third-order valence-corrected chi connectivity index (χ3v) is 2.02. The average Bonchev–Trinajstić information content (AvgIpc) is 2.27. The molecule has 0 saturated carbocycles. The molecule has 1 aromatic rings. The van der Waals surface area contributed by atoms with Crippen LogP contribution < -0.4 is 0 Å². The van der Waals surface area contributed by atoms with Crippen LogP contribution in [-0.2, 0) is 9.47 Å². The zero-order chi connectivity index (χ0) is 12.0. The molecule has 0 saturated heterocycles. The van der Waals surface area contributed by atoms with Crippen molar-refractivity contribution in [3.63, 3.8) is 0 Å². The smallest absolute Gasteiger partial charge is 0.435 e. The largest absolute Gasteiger partial charge is 0.509 e. The van der Waals surface area contributed by atoms with Gasteiger partial charge in [0, 0.05) is 10.6 Å². The molecule has 0 aliphatic heterocycles. The summed E-state index contributed by atoms with van der Waals surface area (Å²) in [6, 6.07) is 8.34. The Morgan fingerprint density at radius 2 is 2.12 bits per heavy atom. The number of nitriles is 1. The number of nitrogens with zero attached hydrogens (tertiary/aromatic N) is 1. The van der Waals surface area contributed by atoms with Gasteiger partial charge < -0.3 is 9.47 Å². The molecule has 1 unspecified atom stereocenters. The van der Waals surface area contributed by atoms with E-state index in [2.05, 4.69) is 4.74 Å². The van der Waals surface area contributed by atoms with Crippen molar-refractivity contribution in [3.05, 3.63) is 34.9 Å². The molecule has 0 aromatic heterocycles. The second-order valence-electron chi connectivity index (χ2n) is 2.86. The summed E-state index contributed by atoms with van der Waals surface area (Å²) in [7, 11) is 0. The van der Waals surface area contributed by atoms with E-state index in [4.69, 9.17) is 21.6 Å². The van der Waals surface area contributed by atoms with E-state index < -0.39 is 12.3 Å². The van der Waals surface area contributed by atoms with E-state index in [9.17, 15) is 4.79 Å². The maximum absolute atomic E-state index is 11.0. The highest BCUT2D eigenvalue weighted by atomic mass is 35.5. The molecule has 4 nitrogen and oxygen atoms in total. The molecule has 0 fully saturated rings. The van der Waals surface area contributed by atoms with Crippen LogP contribution in [0.3, 0.4) is 0 Å². The Kier molecular flexibility index (Phi) is 4.62. The number of benzene rings is 1. The summed E-state index contributed by atoms with van der Waals surface area (Å²) in [6.45, 7) is 1.86. The van der Waals surface area contributed by atoms with E-state index in [1.54, 1.807) is 31.2 Å². The van der Waals surface area contributed by atoms with Crippen LogP contribution in [0.5, 0.6) is 0 Å². The maximum Gasteiger partial charge on any atom is 0.509 e. The predicted octanol–water partition coefficient (Wildman–Crippen LogP) is 3.08. The Hall–Kier alpha value is -1.73. The SMILES string of the molecule is CCOC(=O)OC(C#N)c1ccc(Cl)cc1. The lowest BCUT2D eigenvalue weighted by molar-refractivity contribution is 0.0421. The van der Waals surface area contributed by atoms with Gasteiger partial charge in [-0.3, -0.25) is 0 Å². The number of hydrogen-bond donors (Lipinski definition) is 0. The van der Waals surface area contributed by atoms with E-state index in [1.807, 2.05) is 6.07 Å². The Morgan fingerprint density at radius 1 is 1.50 bits per heavy atom. The fourth-order valence-electron chi connectivity index (χ4n) is 1.05. The van der Waals surface area contributed by atoms with Crippen molar-refractivity contribution >= 4 is 17.8 Å². The van der Waals surface area contributed by atoms with Gasteiger partial charge in [-0.1, -0.05) is 23.7 Å². The van der Waals surface area contributed by atoms with Crippen LogP contribution in [0.1, 0.15) is 18.6 Å². The molecule has 0 aliphatic rings. The zero-order valence-corrected chi connectivity index (χ0v) is 9.40. The summed E-state index contributed by atoms with van der Waals surface area (Å²) in [5, 5.41) is 9.40. The van der Waals surface area contributed by atoms with Gasteiger partial charge in [0.25, 0.3) is 0 Å². The highest BCUT2D eigenvalue weighted by Gasteiger charge is 2.16. The van der Waals surface area contributed by atoms with Gasteiger partial charge >= 0.3 is 6.16 Å². The third-order valence-electron chi connectivity index (χ3n) is 1.77. The first-order chi connectivity index (χ1) is 7.67. The molecule has 1 atom stereocenters. The number of halogens is 1. The summed E-state index contributed by atoms with van der Waals surface area (Å²) in [6.07, 6.45) is -1.83. The molecule has 0 spiro atoms. The second-order valence-corrected chi connectivity index (χ2v) is 3.30. The zero-order valence-electron chi connectivity index (χ0n) is 8.64. The fourth-order valence-corrected chi connectivity index (χ4v) is 1.18. The van der Waals surface area contributed by atoms with Crippen molar-refractivity contribution in [2.45, 2.75) is 13.0 Å². The lowest BCUT2D eigenvalue weighted by Gasteiger charge is -2.10. The number of carbonyl (C=O) groups excluding carboxylic acids is 1. The number of rotatable bonds is 3. The van der Waals surface area contributed by atoms with Crippen molar-refractivity contribution in [1.29, 1.82) is 5.26 Å². The molecular formula is C11H10ClNO3. The molecule has 0 heterocycles. The highest BCUT2D eigenvalue weighted by molar-refractivity contribution is 6.30. The monoisotopic (exact) mass is 239 g/mol. The molecule has 0 aliphatic carbocycles. The molecule has 0 amide bonds. The first-order valence-corrected chi connectivity index (χ1v) is 5.03. The van der Waals surface area contributed by atoms with Gasteiger partial charge in [0.15, 0.2) is 0 Å². The maximum atomic E-state index is 11.0. The van der Waals surface area contributed by atoms with Crippen LogP contribution in [-0.4, -0.2) is 12.8 Å². The normalized spacial score (nSPS) is 11.3. The lowest BCUT2D eigenvalue weighted by Crippen LogP contribution is -2.11. The van der Waals surface area contributed by atoms with Gasteiger partial charge in [0.1, 0.15) is 6.07 Å². The van der Waals surface area contributed by atoms with Crippen molar-refractivity contribution in [1.82, 2.24) is 0 Å². The summed E-state index contributed by atoms with van der Waals surface area (Å²) >= 11 is 5.70. The highest BCUT2D eigenvalue weighted by Crippen LogP contribution is 2.19. The average molecular weight is 240 g/mol. The van der Waals surface area contributed by atoms with Crippen molar-refractivity contribution in [3.8, 4) is 6.07 Å². The third kappa shape index (κ3) is 3.44. The fraction of sp³-hybridized carbons (Fsp3) is 0.273. The van der Waals surface area contributed by atoms with Gasteiger partial charge in [-0.2, -0.15) is 5.26 Å². The predicted molar refractivity (Wildman–Crippen MR) is 57.9 cm³/mol. The Bertz CT molecular complexity index is 397. The Balaban J connectivity index is 2.72. The van der Waals surface area contributed by atoms with Crippen LogP contribution in [0.2, 0.25) is 5.02 Å². The van der Waals surface area contributed by atoms with Crippen LogP contribution >= 0.6 is 11.6 Å². The first-order valence-electron chi connectivity index (χ1n) is 4.66. The summed E-state index contributed by atoms with van der Waals surface area (Å²) in [5.41, 5.74) is 0.556. The molecule has 5 heteroatoms. The van der Waals surface area contributed by atoms with Gasteiger partial charge in [0.05, 0.1) is 6.61 Å². The van der Waals surface area contributed by atoms with Gasteiger partial charge in [-0.05, 0) is 19.1 Å². The van der Waals surface area contributed by atoms with Gasteiger partial charge in [-0.15, -0.1) is 0 Å². The number of hydrogen-bond acceptors (Lipinski definition) is 4. The van der Waals surface area contributed by atoms with E-state index in [0.29, 0.717) is 10.6 Å². The standard InChI is InChI=1S/C11H10ClNO3/c1-2-15-11(14)16-10(7-13)8-3-5-9(12)6-4-8/h3-6,10H,2H2,1H3. The van der Waals surface area contributed by atoms with Crippen molar-refractivity contribution < 1.29 is 14.3 Å². The Labute approximate surface area is 98.3 Å². The van der Waals surface area contributed by atoms with Gasteiger partial charge in [-0.25, -0.2) is 4.79 Å². The van der Waals surface area contributed by atoms with Crippen LogP contribution in [0, 0.1) is 11.3 Å². The minimum atomic E-state index is -0.976. The van der Waals surface area contributed by atoms with Crippen molar-refractivity contribution in [2.75, 3.05) is 6.61 Å².